The van der Waals surface area contributed by atoms with Crippen LogP contribution in [0.15, 0.2) is 33.1 Å². The third kappa shape index (κ3) is 4.84. The molecule has 4 rings (SSSR count). The highest BCUT2D eigenvalue weighted by molar-refractivity contribution is 7.97. The number of carbonyl (C=O) groups is 1. The molecule has 0 aromatic heterocycles. The number of rotatable bonds is 6. The van der Waals surface area contributed by atoms with Gasteiger partial charge in [-0.1, -0.05) is 24.9 Å². The van der Waals surface area contributed by atoms with Crippen molar-refractivity contribution in [1.29, 1.82) is 0 Å². The van der Waals surface area contributed by atoms with Gasteiger partial charge in [-0.15, -0.1) is 5.10 Å². The molecule has 1 N–H and O–H groups in total. The molecule has 4 aliphatic rings. The molecule has 0 aromatic carbocycles. The zero-order valence-corrected chi connectivity index (χ0v) is 17.9. The van der Waals surface area contributed by atoms with Crippen LogP contribution in [0.25, 0.3) is 0 Å². The largest absolute Gasteiger partial charge is 0.377 e. The van der Waals surface area contributed by atoms with Crippen molar-refractivity contribution in [2.24, 2.45) is 10.1 Å². The molecule has 0 radical (unpaired) electrons. The molecule has 0 aromatic rings. The normalized spacial score (nSPS) is 24.5. The minimum atomic E-state index is -0.0577. The molecule has 158 valence electrons. The van der Waals surface area contributed by atoms with E-state index in [0.717, 1.165) is 61.2 Å². The van der Waals surface area contributed by atoms with E-state index in [1.807, 2.05) is 18.0 Å². The fourth-order valence-electron chi connectivity index (χ4n) is 3.72. The van der Waals surface area contributed by atoms with Crippen molar-refractivity contribution >= 4 is 30.4 Å². The maximum Gasteiger partial charge on any atom is 0.293 e. The topological polar surface area (TPSA) is 72.8 Å². The summed E-state index contributed by atoms with van der Waals surface area (Å²) >= 11 is 1.99. The predicted molar refractivity (Wildman–Crippen MR) is 116 cm³/mol. The number of carbonyl (C=O) groups excluding carboxylic acids is 1. The summed E-state index contributed by atoms with van der Waals surface area (Å²) in [5.74, 6) is 0.450. The van der Waals surface area contributed by atoms with Crippen LogP contribution in [-0.4, -0.2) is 84.0 Å². The monoisotopic (exact) mass is 418 g/mol. The summed E-state index contributed by atoms with van der Waals surface area (Å²) in [5.41, 5.74) is 2.74. The zero-order chi connectivity index (χ0) is 20.2. The van der Waals surface area contributed by atoms with Gasteiger partial charge in [0.2, 0.25) is 0 Å². The van der Waals surface area contributed by atoms with Crippen LogP contribution in [0.3, 0.4) is 0 Å². The van der Waals surface area contributed by atoms with Crippen molar-refractivity contribution in [3.63, 3.8) is 0 Å². The molecule has 29 heavy (non-hydrogen) atoms. The van der Waals surface area contributed by atoms with Gasteiger partial charge in [0.25, 0.3) is 5.91 Å². The SMILES string of the molecule is C=N/C(=N\N1CNC(CC)=C(N2CCN(SC3CC3)CC2)C1=O)C1=CCOCC1. The summed E-state index contributed by atoms with van der Waals surface area (Å²) < 4.78 is 7.81. The quantitative estimate of drug-likeness (QED) is 0.403. The van der Waals surface area contributed by atoms with Gasteiger partial charge in [-0.25, -0.2) is 14.3 Å². The maximum atomic E-state index is 13.4. The van der Waals surface area contributed by atoms with E-state index in [1.54, 1.807) is 0 Å². The van der Waals surface area contributed by atoms with Crippen molar-refractivity contribution in [3.8, 4) is 0 Å². The molecule has 3 aliphatic heterocycles. The average Bonchev–Trinajstić information content (AvgIpc) is 3.58. The Morgan fingerprint density at radius 2 is 2.14 bits per heavy atom. The van der Waals surface area contributed by atoms with Gasteiger partial charge in [-0.3, -0.25) is 4.79 Å². The standard InChI is InChI=1S/C20H30N6O2S/c1-3-17-18(24-8-10-25(11-9-24)29-16-4-5-16)20(27)26(14-22-17)23-19(21-2)15-6-12-28-13-7-15/h6,16,22H,2-5,7-14H2,1H3/b23-19-. The smallest absolute Gasteiger partial charge is 0.293 e. The number of piperazine rings is 1. The van der Waals surface area contributed by atoms with E-state index in [1.165, 1.54) is 17.9 Å². The van der Waals surface area contributed by atoms with Crippen LogP contribution in [0.5, 0.6) is 0 Å². The van der Waals surface area contributed by atoms with Crippen LogP contribution in [-0.2, 0) is 9.53 Å². The van der Waals surface area contributed by atoms with E-state index in [2.05, 4.69) is 38.3 Å². The second kappa shape index (κ2) is 9.32. The lowest BCUT2D eigenvalue weighted by Gasteiger charge is -2.39. The number of nitrogens with one attached hydrogen (secondary N) is 1. The number of hydrogen-bond donors (Lipinski definition) is 1. The number of allylic oxidation sites excluding steroid dienone is 1. The second-order valence-electron chi connectivity index (χ2n) is 7.58. The zero-order valence-electron chi connectivity index (χ0n) is 17.1. The fourth-order valence-corrected chi connectivity index (χ4v) is 4.86. The molecule has 1 saturated heterocycles. The van der Waals surface area contributed by atoms with E-state index in [9.17, 15) is 4.79 Å². The first kappa shape index (κ1) is 20.4. The van der Waals surface area contributed by atoms with Gasteiger partial charge >= 0.3 is 0 Å². The second-order valence-corrected chi connectivity index (χ2v) is 8.97. The summed E-state index contributed by atoms with van der Waals surface area (Å²) in [6.45, 7) is 10.9. The maximum absolute atomic E-state index is 13.4. The number of amidine groups is 1. The molecule has 9 heteroatoms. The lowest BCUT2D eigenvalue weighted by atomic mass is 10.1. The van der Waals surface area contributed by atoms with Crippen molar-refractivity contribution in [3.05, 3.63) is 23.0 Å². The molecule has 8 nitrogen and oxygen atoms in total. The van der Waals surface area contributed by atoms with E-state index in [4.69, 9.17) is 4.74 Å². The lowest BCUT2D eigenvalue weighted by Crippen LogP contribution is -2.51. The highest BCUT2D eigenvalue weighted by atomic mass is 32.2. The van der Waals surface area contributed by atoms with Crippen molar-refractivity contribution in [1.82, 2.24) is 19.5 Å². The minimum Gasteiger partial charge on any atom is -0.377 e. The lowest BCUT2D eigenvalue weighted by molar-refractivity contribution is -0.130. The number of amides is 1. The van der Waals surface area contributed by atoms with E-state index in [-0.39, 0.29) is 5.91 Å². The predicted octanol–water partition coefficient (Wildman–Crippen LogP) is 1.79. The van der Waals surface area contributed by atoms with Gasteiger partial charge in [0.1, 0.15) is 12.4 Å². The Kier molecular flexibility index (Phi) is 6.56. The molecule has 0 spiro atoms. The molecule has 3 heterocycles. The van der Waals surface area contributed by atoms with Gasteiger partial charge in [0.15, 0.2) is 5.84 Å². The highest BCUT2D eigenvalue weighted by Crippen LogP contribution is 2.37. The van der Waals surface area contributed by atoms with Gasteiger partial charge in [0.05, 0.1) is 13.2 Å². The van der Waals surface area contributed by atoms with Crippen LogP contribution in [0.1, 0.15) is 32.6 Å². The molecule has 0 bridgehead atoms. The number of aliphatic imine (C=N–C) groups is 1. The first-order valence-corrected chi connectivity index (χ1v) is 11.3. The molecule has 0 atom stereocenters. The van der Waals surface area contributed by atoms with Crippen LogP contribution < -0.4 is 5.32 Å². The van der Waals surface area contributed by atoms with Crippen LogP contribution in [0, 0.1) is 0 Å². The Morgan fingerprint density at radius 3 is 2.76 bits per heavy atom. The van der Waals surface area contributed by atoms with E-state index >= 15 is 0 Å². The van der Waals surface area contributed by atoms with Crippen molar-refractivity contribution in [2.75, 3.05) is 46.1 Å². The van der Waals surface area contributed by atoms with Crippen LogP contribution >= 0.6 is 11.9 Å². The number of hydrazone groups is 1. The Balaban J connectivity index is 1.48. The first-order valence-electron chi connectivity index (χ1n) is 10.5. The van der Waals surface area contributed by atoms with Gasteiger partial charge in [-0.05, 0) is 38.0 Å². The summed E-state index contributed by atoms with van der Waals surface area (Å²) in [6.07, 6.45) is 6.17. The van der Waals surface area contributed by atoms with Gasteiger partial charge in [-0.2, -0.15) is 0 Å². The molecule has 1 aliphatic carbocycles. The van der Waals surface area contributed by atoms with Gasteiger partial charge < -0.3 is 15.0 Å². The summed E-state index contributed by atoms with van der Waals surface area (Å²) in [6, 6.07) is 0. The van der Waals surface area contributed by atoms with Crippen LogP contribution in [0.4, 0.5) is 0 Å². The Morgan fingerprint density at radius 1 is 1.34 bits per heavy atom. The van der Waals surface area contributed by atoms with Gasteiger partial charge in [0, 0.05) is 37.1 Å². The van der Waals surface area contributed by atoms with E-state index < -0.39 is 0 Å². The molecule has 0 unspecified atom stereocenters. The fraction of sp³-hybridized carbons (Fsp3) is 0.650. The molecule has 1 amide bonds. The Hall–Kier alpha value is -1.84. The summed E-state index contributed by atoms with van der Waals surface area (Å²) in [4.78, 5) is 19.6. The Bertz CT molecular complexity index is 737. The number of hydrogen-bond acceptors (Lipinski definition) is 7. The Labute approximate surface area is 176 Å². The molecular weight excluding hydrogens is 388 g/mol. The number of nitrogens with zero attached hydrogens (tertiary/aromatic N) is 5. The highest BCUT2D eigenvalue weighted by Gasteiger charge is 2.34. The molecule has 2 fully saturated rings. The van der Waals surface area contributed by atoms with E-state index in [0.29, 0.717) is 25.7 Å². The average molecular weight is 419 g/mol. The summed E-state index contributed by atoms with van der Waals surface area (Å²) in [5, 5.41) is 10.2. The van der Waals surface area contributed by atoms with Crippen LogP contribution in [0.2, 0.25) is 0 Å². The molecular formula is C20H30N6O2S. The number of ether oxygens (including phenoxy) is 1. The third-order valence-electron chi connectivity index (χ3n) is 5.51. The minimum absolute atomic E-state index is 0.0577. The third-order valence-corrected chi connectivity index (χ3v) is 6.94. The van der Waals surface area contributed by atoms with Crippen molar-refractivity contribution < 1.29 is 9.53 Å². The molecule has 1 saturated carbocycles. The van der Waals surface area contributed by atoms with Crippen molar-refractivity contribution in [2.45, 2.75) is 37.9 Å². The first-order chi connectivity index (χ1) is 14.2. The summed E-state index contributed by atoms with van der Waals surface area (Å²) in [7, 11) is 0.